The molecule has 0 aromatic carbocycles. The Morgan fingerprint density at radius 3 is 2.47 bits per heavy atom. The highest BCUT2D eigenvalue weighted by molar-refractivity contribution is 5.73. The number of pyridine rings is 1. The zero-order chi connectivity index (χ0) is 23.9. The van der Waals surface area contributed by atoms with Crippen LogP contribution in [0.5, 0.6) is 5.88 Å². The molecule has 3 heterocycles. The summed E-state index contributed by atoms with van der Waals surface area (Å²) in [7, 11) is 5.65. The van der Waals surface area contributed by atoms with Crippen LogP contribution in [-0.4, -0.2) is 77.5 Å². The summed E-state index contributed by atoms with van der Waals surface area (Å²) in [5.74, 6) is -1.33. The van der Waals surface area contributed by atoms with Crippen molar-refractivity contribution < 1.29 is 27.8 Å². The van der Waals surface area contributed by atoms with E-state index < -0.39 is 12.1 Å². The van der Waals surface area contributed by atoms with E-state index in [-0.39, 0.29) is 5.56 Å². The molecule has 2 aromatic heterocycles. The first kappa shape index (κ1) is 25.1. The Morgan fingerprint density at radius 2 is 1.88 bits per heavy atom. The van der Waals surface area contributed by atoms with E-state index in [9.17, 15) is 18.0 Å². The minimum absolute atomic E-state index is 0.0813. The Morgan fingerprint density at radius 1 is 1.22 bits per heavy atom. The molecule has 1 aliphatic heterocycles. The van der Waals surface area contributed by atoms with Crippen LogP contribution in [0.15, 0.2) is 29.3 Å². The molecule has 0 unspecified atom stereocenters. The second-order valence-corrected chi connectivity index (χ2v) is 7.31. The fraction of sp³-hybridized carbons (Fsp3) is 0.500. The summed E-state index contributed by atoms with van der Waals surface area (Å²) in [6.07, 6.45) is -1.84. The van der Waals surface area contributed by atoms with E-state index in [1.54, 1.807) is 13.2 Å². The molecule has 12 heteroatoms. The number of aliphatic carboxylic acids is 1. The second-order valence-electron chi connectivity index (χ2n) is 7.31. The average Bonchev–Trinajstić information content (AvgIpc) is 2.95. The summed E-state index contributed by atoms with van der Waals surface area (Å²) < 4.78 is 38.9. The fourth-order valence-corrected chi connectivity index (χ4v) is 3.18. The highest BCUT2D eigenvalue weighted by Gasteiger charge is 2.38. The van der Waals surface area contributed by atoms with E-state index in [2.05, 4.69) is 19.8 Å². The molecule has 9 nitrogen and oxygen atoms in total. The van der Waals surface area contributed by atoms with E-state index >= 15 is 0 Å². The van der Waals surface area contributed by atoms with Gasteiger partial charge in [0.2, 0.25) is 5.88 Å². The first-order chi connectivity index (χ1) is 15.0. The van der Waals surface area contributed by atoms with Gasteiger partial charge in [0, 0.05) is 50.4 Å². The number of nitrogens with zero attached hydrogens (tertiary/aromatic N) is 5. The smallest absolute Gasteiger partial charge is 0.481 e. The molecule has 0 fully saturated rings. The van der Waals surface area contributed by atoms with Crippen LogP contribution in [-0.2, 0) is 24.2 Å². The largest absolute Gasteiger partial charge is 0.490 e. The van der Waals surface area contributed by atoms with Crippen LogP contribution >= 0.6 is 0 Å². The number of alkyl halides is 3. The molecule has 0 saturated heterocycles. The molecule has 1 aliphatic rings. The summed E-state index contributed by atoms with van der Waals surface area (Å²) in [4.78, 5) is 34.0. The third-order valence-electron chi connectivity index (χ3n) is 4.83. The third-order valence-corrected chi connectivity index (χ3v) is 4.83. The number of hydrogen-bond donors (Lipinski definition) is 1. The van der Waals surface area contributed by atoms with Crippen molar-refractivity contribution in [2.45, 2.75) is 25.6 Å². The van der Waals surface area contributed by atoms with Gasteiger partial charge in [0.1, 0.15) is 12.1 Å². The molecule has 2 aromatic rings. The first-order valence-corrected chi connectivity index (χ1v) is 9.80. The summed E-state index contributed by atoms with van der Waals surface area (Å²) in [6.45, 7) is 3.25. The minimum Gasteiger partial charge on any atom is -0.481 e. The number of fused-ring (bicyclic) bond motifs is 1. The normalized spacial score (nSPS) is 13.7. The lowest BCUT2D eigenvalue weighted by molar-refractivity contribution is -0.192. The quantitative estimate of drug-likeness (QED) is 0.720. The number of halogens is 3. The third kappa shape index (κ3) is 6.94. The maximum absolute atomic E-state index is 12.3. The summed E-state index contributed by atoms with van der Waals surface area (Å²) in [5, 5.41) is 7.12. The minimum atomic E-state index is -5.08. The predicted octanol–water partition coefficient (Wildman–Crippen LogP) is 1.45. The van der Waals surface area contributed by atoms with Gasteiger partial charge < -0.3 is 24.2 Å². The van der Waals surface area contributed by atoms with Crippen molar-refractivity contribution in [3.63, 3.8) is 0 Å². The Kier molecular flexibility index (Phi) is 8.58. The van der Waals surface area contributed by atoms with Gasteiger partial charge in [0.25, 0.3) is 5.56 Å². The molecule has 32 heavy (non-hydrogen) atoms. The number of hydrogen-bond acceptors (Lipinski definition) is 7. The van der Waals surface area contributed by atoms with Crippen LogP contribution in [0.25, 0.3) is 0 Å². The Balaban J connectivity index is 0.000000451. The molecule has 3 rings (SSSR count). The summed E-state index contributed by atoms with van der Waals surface area (Å²) in [5.41, 5.74) is 2.48. The van der Waals surface area contributed by atoms with Crippen molar-refractivity contribution in [1.82, 2.24) is 19.4 Å². The van der Waals surface area contributed by atoms with E-state index in [1.807, 2.05) is 30.8 Å². The van der Waals surface area contributed by atoms with E-state index in [1.165, 1.54) is 11.9 Å². The van der Waals surface area contributed by atoms with Gasteiger partial charge in [0.05, 0.1) is 7.11 Å². The monoisotopic (exact) mass is 457 g/mol. The maximum Gasteiger partial charge on any atom is 0.490 e. The number of anilines is 1. The lowest BCUT2D eigenvalue weighted by atomic mass is 10.1. The van der Waals surface area contributed by atoms with Crippen LogP contribution in [0, 0.1) is 0 Å². The molecule has 0 amide bonds. The number of carboxylic acid groups (broad SMARTS) is 1. The zero-order valence-corrected chi connectivity index (χ0v) is 18.1. The van der Waals surface area contributed by atoms with Gasteiger partial charge >= 0.3 is 12.1 Å². The van der Waals surface area contributed by atoms with Crippen LogP contribution in [0.1, 0.15) is 11.3 Å². The van der Waals surface area contributed by atoms with Gasteiger partial charge in [0.15, 0.2) is 0 Å². The molecular formula is C20H26F3N5O4. The van der Waals surface area contributed by atoms with Crippen molar-refractivity contribution >= 4 is 11.8 Å². The molecule has 0 aliphatic carbocycles. The lowest BCUT2D eigenvalue weighted by Crippen LogP contribution is -2.30. The van der Waals surface area contributed by atoms with Gasteiger partial charge in [-0.05, 0) is 26.1 Å². The Labute approximate surface area is 183 Å². The number of methoxy groups -OCH3 is 1. The molecule has 0 radical (unpaired) electrons. The average molecular weight is 457 g/mol. The fourth-order valence-electron chi connectivity index (χ4n) is 3.18. The number of aromatic nitrogens is 3. The number of ether oxygens (including phenoxy) is 1. The van der Waals surface area contributed by atoms with Crippen LogP contribution in [0.4, 0.5) is 19.0 Å². The zero-order valence-electron chi connectivity index (χ0n) is 18.1. The lowest BCUT2D eigenvalue weighted by Gasteiger charge is -2.21. The number of carboxylic acids is 1. The van der Waals surface area contributed by atoms with Gasteiger partial charge in [-0.15, -0.1) is 0 Å². The van der Waals surface area contributed by atoms with Gasteiger partial charge in [-0.3, -0.25) is 4.79 Å². The Hall–Kier alpha value is -3.15. The van der Waals surface area contributed by atoms with E-state index in [0.29, 0.717) is 5.88 Å². The van der Waals surface area contributed by atoms with Crippen molar-refractivity contribution in [2.75, 3.05) is 45.7 Å². The second kappa shape index (κ2) is 10.9. The van der Waals surface area contributed by atoms with Gasteiger partial charge in [-0.2, -0.15) is 13.2 Å². The summed E-state index contributed by atoms with van der Waals surface area (Å²) in [6, 6.07) is 5.53. The molecule has 176 valence electrons. The number of carbonyl (C=O) groups is 1. The number of rotatable bonds is 5. The van der Waals surface area contributed by atoms with Crippen molar-refractivity contribution in [2.24, 2.45) is 0 Å². The van der Waals surface area contributed by atoms with Crippen LogP contribution in [0.3, 0.4) is 0 Å². The first-order valence-electron chi connectivity index (χ1n) is 9.80. The molecular weight excluding hydrogens is 431 g/mol. The van der Waals surface area contributed by atoms with Crippen molar-refractivity contribution in [3.8, 4) is 5.88 Å². The van der Waals surface area contributed by atoms with Crippen molar-refractivity contribution in [1.29, 1.82) is 0 Å². The summed E-state index contributed by atoms with van der Waals surface area (Å²) >= 11 is 0. The van der Waals surface area contributed by atoms with Crippen LogP contribution in [0.2, 0.25) is 0 Å². The van der Waals surface area contributed by atoms with Crippen LogP contribution < -0.4 is 15.2 Å². The number of likely N-dealkylation sites (N-methyl/N-ethyl adjacent to an activating group) is 1. The maximum atomic E-state index is 12.3. The Bertz CT molecular complexity index is 978. The SMILES string of the molecule is COc1cc(N2CCc3ccc(=O)n(CCN(C)C)c3CC2)ncn1.O=C(O)C(F)(F)F. The van der Waals surface area contributed by atoms with E-state index in [0.717, 1.165) is 50.5 Å². The molecule has 0 saturated carbocycles. The van der Waals surface area contributed by atoms with E-state index in [4.69, 9.17) is 14.6 Å². The standard InChI is InChI=1S/C18H25N5O2.C2HF3O2/c1-21(2)10-11-23-15-7-9-22(8-6-14(15)4-5-18(23)24)16-12-17(25-3)20-13-19-16;3-2(4,5)1(6)7/h4-5,12-13H,6-11H2,1-3H3;(H,6,7). The molecule has 0 spiro atoms. The van der Waals surface area contributed by atoms with Gasteiger partial charge in [-0.25, -0.2) is 14.8 Å². The molecule has 1 N–H and O–H groups in total. The highest BCUT2D eigenvalue weighted by Crippen LogP contribution is 2.21. The predicted molar refractivity (Wildman–Crippen MR) is 111 cm³/mol. The molecule has 0 bridgehead atoms. The highest BCUT2D eigenvalue weighted by atomic mass is 19.4. The topological polar surface area (TPSA) is 101 Å². The van der Waals surface area contributed by atoms with Crippen molar-refractivity contribution in [3.05, 3.63) is 46.1 Å². The molecule has 0 atom stereocenters. The van der Waals surface area contributed by atoms with Gasteiger partial charge in [-0.1, -0.05) is 6.07 Å².